The van der Waals surface area contributed by atoms with E-state index in [0.29, 0.717) is 26.2 Å². The van der Waals surface area contributed by atoms with Crippen LogP contribution in [0.3, 0.4) is 0 Å². The van der Waals surface area contributed by atoms with Gasteiger partial charge in [0.1, 0.15) is 0 Å². The van der Waals surface area contributed by atoms with Crippen molar-refractivity contribution in [2.45, 2.75) is 6.92 Å². The maximum atomic E-state index is 12.9. The van der Waals surface area contributed by atoms with Gasteiger partial charge >= 0.3 is 0 Å². The molecule has 0 N–H and O–H groups in total. The highest BCUT2D eigenvalue weighted by Crippen LogP contribution is 2.31. The van der Waals surface area contributed by atoms with Crippen LogP contribution in [0.2, 0.25) is 0 Å². The van der Waals surface area contributed by atoms with E-state index in [-0.39, 0.29) is 24.3 Å². The van der Waals surface area contributed by atoms with Gasteiger partial charge in [-0.1, -0.05) is 24.8 Å². The molecule has 1 fully saturated rings. The van der Waals surface area contributed by atoms with Crippen LogP contribution in [-0.4, -0.2) is 72.2 Å². The smallest absolute Gasteiger partial charge is 0.264 e. The van der Waals surface area contributed by atoms with Gasteiger partial charge in [-0.15, -0.1) is 11.3 Å². The van der Waals surface area contributed by atoms with Gasteiger partial charge in [-0.05, 0) is 30.0 Å². The van der Waals surface area contributed by atoms with E-state index in [9.17, 15) is 14.4 Å². The van der Waals surface area contributed by atoms with Crippen LogP contribution in [0.1, 0.15) is 15.2 Å². The second-order valence-electron chi connectivity index (χ2n) is 6.62. The molecular weight excluding hydrogens is 362 g/mol. The molecule has 0 saturated carbocycles. The average molecular weight is 385 g/mol. The number of likely N-dealkylation sites (N-methyl/N-ethyl adjacent to an activating group) is 1. The first-order valence-electron chi connectivity index (χ1n) is 8.85. The first-order valence-corrected chi connectivity index (χ1v) is 9.66. The van der Waals surface area contributed by atoms with Crippen molar-refractivity contribution in [2.75, 3.05) is 39.8 Å². The number of nitrogens with zero attached hydrogens (tertiary/aromatic N) is 3. The lowest BCUT2D eigenvalue weighted by Crippen LogP contribution is -2.52. The molecule has 2 aromatic rings. The van der Waals surface area contributed by atoms with Crippen molar-refractivity contribution >= 4 is 39.1 Å². The summed E-state index contributed by atoms with van der Waals surface area (Å²) < 4.78 is 1.11. The Morgan fingerprint density at radius 2 is 1.78 bits per heavy atom. The summed E-state index contributed by atoms with van der Waals surface area (Å²) in [6.45, 7) is 7.38. The minimum Gasteiger partial charge on any atom is -0.338 e. The summed E-state index contributed by atoms with van der Waals surface area (Å²) in [4.78, 5) is 42.4. The number of carbonyl (C=O) groups excluding carboxylic acids is 3. The predicted molar refractivity (Wildman–Crippen MR) is 107 cm³/mol. The van der Waals surface area contributed by atoms with E-state index in [2.05, 4.69) is 6.58 Å². The van der Waals surface area contributed by atoms with Crippen molar-refractivity contribution in [2.24, 2.45) is 0 Å². The number of hydrogen-bond donors (Lipinski definition) is 0. The summed E-state index contributed by atoms with van der Waals surface area (Å²) in [7, 11) is 1.58. The normalized spacial score (nSPS) is 14.3. The van der Waals surface area contributed by atoms with E-state index >= 15 is 0 Å². The molecule has 0 bridgehead atoms. The fraction of sp³-hybridized carbons (Fsp3) is 0.350. The van der Waals surface area contributed by atoms with Crippen LogP contribution in [0.15, 0.2) is 36.9 Å². The average Bonchev–Trinajstić information content (AvgIpc) is 3.03. The SMILES string of the molecule is C=CC(=O)N(C)CC(=O)N1CCN(C(=O)c2sc3ccccc3c2C)CC1. The summed E-state index contributed by atoms with van der Waals surface area (Å²) in [5.74, 6) is -0.366. The zero-order valence-electron chi connectivity index (χ0n) is 15.6. The van der Waals surface area contributed by atoms with Crippen molar-refractivity contribution in [1.29, 1.82) is 0 Å². The molecular formula is C20H23N3O3S. The summed E-state index contributed by atoms with van der Waals surface area (Å²) in [5.41, 5.74) is 1.02. The molecule has 1 aromatic heterocycles. The second kappa shape index (κ2) is 7.92. The lowest BCUT2D eigenvalue weighted by Gasteiger charge is -2.35. The first-order chi connectivity index (χ1) is 12.9. The number of benzene rings is 1. The lowest BCUT2D eigenvalue weighted by molar-refractivity contribution is -0.138. The van der Waals surface area contributed by atoms with Gasteiger partial charge in [-0.25, -0.2) is 0 Å². The van der Waals surface area contributed by atoms with Crippen LogP contribution in [0.25, 0.3) is 10.1 Å². The fourth-order valence-corrected chi connectivity index (χ4v) is 4.39. The molecule has 142 valence electrons. The molecule has 0 atom stereocenters. The third kappa shape index (κ3) is 3.88. The van der Waals surface area contributed by atoms with Crippen LogP contribution in [0.4, 0.5) is 0 Å². The van der Waals surface area contributed by atoms with Crippen molar-refractivity contribution in [3.63, 3.8) is 0 Å². The van der Waals surface area contributed by atoms with Crippen LogP contribution < -0.4 is 0 Å². The summed E-state index contributed by atoms with van der Waals surface area (Å²) in [5, 5.41) is 1.12. The Morgan fingerprint density at radius 3 is 2.41 bits per heavy atom. The Kier molecular flexibility index (Phi) is 5.60. The number of hydrogen-bond acceptors (Lipinski definition) is 4. The number of fused-ring (bicyclic) bond motifs is 1. The van der Waals surface area contributed by atoms with Crippen LogP contribution in [0.5, 0.6) is 0 Å². The molecule has 6 nitrogen and oxygen atoms in total. The summed E-state index contributed by atoms with van der Waals surface area (Å²) in [6, 6.07) is 8.02. The Balaban J connectivity index is 1.62. The van der Waals surface area contributed by atoms with Crippen LogP contribution in [0, 0.1) is 6.92 Å². The maximum absolute atomic E-state index is 12.9. The molecule has 0 radical (unpaired) electrons. The van der Waals surface area contributed by atoms with Crippen molar-refractivity contribution in [3.8, 4) is 0 Å². The summed E-state index contributed by atoms with van der Waals surface area (Å²) >= 11 is 1.52. The van der Waals surface area contributed by atoms with E-state index in [1.165, 1.54) is 22.3 Å². The number of aryl methyl sites for hydroxylation is 1. The van der Waals surface area contributed by atoms with Crippen LogP contribution >= 0.6 is 11.3 Å². The number of thiophene rings is 1. The Hall–Kier alpha value is -2.67. The van der Waals surface area contributed by atoms with Gasteiger partial charge in [0.2, 0.25) is 11.8 Å². The van der Waals surface area contributed by atoms with Gasteiger partial charge in [0.25, 0.3) is 5.91 Å². The largest absolute Gasteiger partial charge is 0.338 e. The van der Waals surface area contributed by atoms with Crippen molar-refractivity contribution < 1.29 is 14.4 Å². The molecule has 2 heterocycles. The van der Waals surface area contributed by atoms with E-state index in [0.717, 1.165) is 20.5 Å². The molecule has 0 aliphatic carbocycles. The van der Waals surface area contributed by atoms with E-state index in [4.69, 9.17) is 0 Å². The molecule has 1 aromatic carbocycles. The highest BCUT2D eigenvalue weighted by atomic mass is 32.1. The third-order valence-electron chi connectivity index (χ3n) is 4.88. The Bertz CT molecular complexity index is 897. The van der Waals surface area contributed by atoms with Gasteiger partial charge in [0, 0.05) is 37.9 Å². The topological polar surface area (TPSA) is 60.9 Å². The predicted octanol–water partition coefficient (Wildman–Crippen LogP) is 2.14. The molecule has 1 aliphatic rings. The minimum atomic E-state index is -0.280. The summed E-state index contributed by atoms with van der Waals surface area (Å²) in [6.07, 6.45) is 1.19. The van der Waals surface area contributed by atoms with Gasteiger partial charge in [-0.3, -0.25) is 14.4 Å². The molecule has 3 amide bonds. The molecule has 0 spiro atoms. The number of carbonyl (C=O) groups is 3. The molecule has 7 heteroatoms. The fourth-order valence-electron chi connectivity index (χ4n) is 3.22. The van der Waals surface area contributed by atoms with Crippen LogP contribution in [-0.2, 0) is 9.59 Å². The first kappa shape index (κ1) is 19.1. The molecule has 1 saturated heterocycles. The monoisotopic (exact) mass is 385 g/mol. The number of piperazine rings is 1. The van der Waals surface area contributed by atoms with E-state index in [1.54, 1.807) is 16.8 Å². The second-order valence-corrected chi connectivity index (χ2v) is 7.68. The van der Waals surface area contributed by atoms with E-state index in [1.807, 2.05) is 31.2 Å². The zero-order chi connectivity index (χ0) is 19.6. The van der Waals surface area contributed by atoms with Gasteiger partial charge < -0.3 is 14.7 Å². The van der Waals surface area contributed by atoms with Gasteiger partial charge in [0.05, 0.1) is 11.4 Å². The number of rotatable bonds is 4. The van der Waals surface area contributed by atoms with E-state index < -0.39 is 0 Å². The highest BCUT2D eigenvalue weighted by Gasteiger charge is 2.27. The zero-order valence-corrected chi connectivity index (χ0v) is 16.4. The van der Waals surface area contributed by atoms with Crippen molar-refractivity contribution in [1.82, 2.24) is 14.7 Å². The molecule has 0 unspecified atom stereocenters. The minimum absolute atomic E-state index is 0.0220. The lowest BCUT2D eigenvalue weighted by atomic mass is 10.1. The Morgan fingerprint density at radius 1 is 1.15 bits per heavy atom. The van der Waals surface area contributed by atoms with Gasteiger partial charge in [0.15, 0.2) is 0 Å². The number of amides is 3. The third-order valence-corrected chi connectivity index (χ3v) is 6.14. The standard InChI is InChI=1S/C20H23N3O3S/c1-4-17(24)21(3)13-18(25)22-9-11-23(12-10-22)20(26)19-14(2)15-7-5-6-8-16(15)27-19/h4-8H,1,9-13H2,2-3H3. The maximum Gasteiger partial charge on any atom is 0.264 e. The molecule has 1 aliphatic heterocycles. The quantitative estimate of drug-likeness (QED) is 0.758. The van der Waals surface area contributed by atoms with Gasteiger partial charge in [-0.2, -0.15) is 0 Å². The Labute approximate surface area is 162 Å². The molecule has 27 heavy (non-hydrogen) atoms. The van der Waals surface area contributed by atoms with Crippen molar-refractivity contribution in [3.05, 3.63) is 47.4 Å². The molecule has 3 rings (SSSR count). The highest BCUT2D eigenvalue weighted by molar-refractivity contribution is 7.21.